The molecule has 0 radical (unpaired) electrons. The highest BCUT2D eigenvalue weighted by molar-refractivity contribution is 5.74. The highest BCUT2D eigenvalue weighted by Crippen LogP contribution is 2.29. The van der Waals surface area contributed by atoms with E-state index in [0.717, 1.165) is 6.42 Å². The van der Waals surface area contributed by atoms with Crippen LogP contribution < -0.4 is 0 Å². The first-order chi connectivity index (χ1) is 8.83. The Morgan fingerprint density at radius 1 is 0.667 bits per heavy atom. The summed E-state index contributed by atoms with van der Waals surface area (Å²) in [6.45, 7) is 2.18. The summed E-state index contributed by atoms with van der Waals surface area (Å²) in [5, 5.41) is 0. The first kappa shape index (κ1) is 11.0. The molecule has 0 aliphatic heterocycles. The summed E-state index contributed by atoms with van der Waals surface area (Å²) in [4.78, 5) is 0. The topological polar surface area (TPSA) is 0 Å². The van der Waals surface area contributed by atoms with Crippen molar-refractivity contribution in [3.63, 3.8) is 0 Å². The lowest BCUT2D eigenvalue weighted by Crippen LogP contribution is -1.83. The number of rotatable bonds is 2. The minimum Gasteiger partial charge on any atom is -0.0689 e. The molecule has 0 nitrogen and oxygen atoms in total. The number of hydrogen-bond donors (Lipinski definition) is 0. The van der Waals surface area contributed by atoms with E-state index < -0.39 is 0 Å². The van der Waals surface area contributed by atoms with Crippen LogP contribution in [-0.2, 0) is 0 Å². The molecule has 88 valence electrons. The Labute approximate surface area is 108 Å². The van der Waals surface area contributed by atoms with Gasteiger partial charge in [-0.3, -0.25) is 0 Å². The monoisotopic (exact) mass is 232 g/mol. The Morgan fingerprint density at radius 2 is 1.28 bits per heavy atom. The molecule has 0 N–H and O–H groups in total. The predicted molar refractivity (Wildman–Crippen MR) is 78.2 cm³/mol. The Hall–Kier alpha value is -2.08. The van der Waals surface area contributed by atoms with E-state index in [1.54, 1.807) is 0 Å². The van der Waals surface area contributed by atoms with Crippen molar-refractivity contribution < 1.29 is 0 Å². The molecule has 0 bridgehead atoms. The fourth-order valence-electron chi connectivity index (χ4n) is 2.37. The molecule has 0 heterocycles. The van der Waals surface area contributed by atoms with Gasteiger partial charge in [0.2, 0.25) is 0 Å². The summed E-state index contributed by atoms with van der Waals surface area (Å²) in [6, 6.07) is 19.4. The summed E-state index contributed by atoms with van der Waals surface area (Å²) in [5.41, 5.74) is 6.76. The van der Waals surface area contributed by atoms with E-state index in [1.165, 1.54) is 27.8 Å². The average Bonchev–Trinajstić information content (AvgIpc) is 2.87. The van der Waals surface area contributed by atoms with Gasteiger partial charge in [0.25, 0.3) is 0 Å². The molecule has 0 saturated carbocycles. The van der Waals surface area contributed by atoms with Crippen LogP contribution in [0.4, 0.5) is 0 Å². The minimum atomic E-state index is 1.09. The van der Waals surface area contributed by atoms with Gasteiger partial charge < -0.3 is 0 Å². The normalized spacial score (nSPS) is 14.3. The van der Waals surface area contributed by atoms with Gasteiger partial charge in [-0.15, -0.1) is 0 Å². The zero-order valence-corrected chi connectivity index (χ0v) is 10.6. The van der Waals surface area contributed by atoms with Crippen LogP contribution in [0.3, 0.4) is 0 Å². The quantitative estimate of drug-likeness (QED) is 0.676. The van der Waals surface area contributed by atoms with Crippen LogP contribution in [0.1, 0.15) is 18.9 Å². The molecule has 1 aliphatic rings. The molecule has 3 rings (SSSR count). The second-order valence-corrected chi connectivity index (χ2v) is 4.83. The van der Waals surface area contributed by atoms with Crippen LogP contribution >= 0.6 is 0 Å². The highest BCUT2D eigenvalue weighted by Gasteiger charge is 2.07. The smallest absolute Gasteiger partial charge is 0.00608 e. The lowest BCUT2D eigenvalue weighted by molar-refractivity contribution is 1.26. The van der Waals surface area contributed by atoms with Crippen molar-refractivity contribution in [2.24, 2.45) is 0 Å². The van der Waals surface area contributed by atoms with Crippen molar-refractivity contribution in [3.05, 3.63) is 77.9 Å². The van der Waals surface area contributed by atoms with Gasteiger partial charge in [-0.1, -0.05) is 72.3 Å². The molecular formula is C18H16. The van der Waals surface area contributed by atoms with Gasteiger partial charge in [-0.25, -0.2) is 0 Å². The molecule has 0 unspecified atom stereocenters. The van der Waals surface area contributed by atoms with Crippen LogP contribution in [0.15, 0.2) is 72.3 Å². The molecule has 0 amide bonds. The Kier molecular flexibility index (Phi) is 2.85. The third kappa shape index (κ3) is 2.14. The molecule has 18 heavy (non-hydrogen) atoms. The SMILES string of the molecule is CC1=CC=C(c2ccc(-c3ccccc3)cc2)C1. The summed E-state index contributed by atoms with van der Waals surface area (Å²) in [5.74, 6) is 0. The molecule has 1 aliphatic carbocycles. The lowest BCUT2D eigenvalue weighted by Gasteiger charge is -2.06. The molecule has 2 aromatic rings. The number of hydrogen-bond acceptors (Lipinski definition) is 0. The summed E-state index contributed by atoms with van der Waals surface area (Å²) >= 11 is 0. The van der Waals surface area contributed by atoms with Gasteiger partial charge in [-0.2, -0.15) is 0 Å². The molecule has 0 heteroatoms. The molecule has 0 fully saturated rings. The number of benzene rings is 2. The predicted octanol–water partition coefficient (Wildman–Crippen LogP) is 5.09. The van der Waals surface area contributed by atoms with E-state index >= 15 is 0 Å². The summed E-state index contributed by atoms with van der Waals surface area (Å²) in [7, 11) is 0. The third-order valence-electron chi connectivity index (χ3n) is 3.40. The van der Waals surface area contributed by atoms with Gasteiger partial charge in [0, 0.05) is 0 Å². The third-order valence-corrected chi connectivity index (χ3v) is 3.40. The van der Waals surface area contributed by atoms with Crippen molar-refractivity contribution in [1.82, 2.24) is 0 Å². The highest BCUT2D eigenvalue weighted by atomic mass is 14.1. The van der Waals surface area contributed by atoms with Crippen molar-refractivity contribution in [3.8, 4) is 11.1 Å². The second kappa shape index (κ2) is 4.66. The zero-order valence-electron chi connectivity index (χ0n) is 10.6. The van der Waals surface area contributed by atoms with Crippen LogP contribution in [-0.4, -0.2) is 0 Å². The number of allylic oxidation sites excluding steroid dienone is 4. The van der Waals surface area contributed by atoms with E-state index in [9.17, 15) is 0 Å². The molecular weight excluding hydrogens is 216 g/mol. The minimum absolute atomic E-state index is 1.09. The van der Waals surface area contributed by atoms with E-state index in [1.807, 2.05) is 0 Å². The van der Waals surface area contributed by atoms with Crippen LogP contribution in [0, 0.1) is 0 Å². The van der Waals surface area contributed by atoms with E-state index in [-0.39, 0.29) is 0 Å². The second-order valence-electron chi connectivity index (χ2n) is 4.83. The van der Waals surface area contributed by atoms with Crippen LogP contribution in [0.2, 0.25) is 0 Å². The van der Waals surface area contributed by atoms with Gasteiger partial charge in [0.15, 0.2) is 0 Å². The standard InChI is InChI=1S/C18H16/c1-14-7-8-18(13-14)17-11-9-16(10-12-17)15-5-3-2-4-6-15/h2-12H,13H2,1H3. The van der Waals surface area contributed by atoms with Crippen molar-refractivity contribution in [2.45, 2.75) is 13.3 Å². The fourth-order valence-corrected chi connectivity index (χ4v) is 2.37. The molecule has 0 saturated heterocycles. The lowest BCUT2D eigenvalue weighted by atomic mass is 9.99. The van der Waals surface area contributed by atoms with E-state index in [0.29, 0.717) is 0 Å². The molecule has 0 atom stereocenters. The first-order valence-electron chi connectivity index (χ1n) is 6.35. The maximum Gasteiger partial charge on any atom is -0.00608 e. The average molecular weight is 232 g/mol. The van der Waals surface area contributed by atoms with Crippen molar-refractivity contribution >= 4 is 5.57 Å². The summed E-state index contributed by atoms with van der Waals surface area (Å²) in [6.07, 6.45) is 5.53. The van der Waals surface area contributed by atoms with Gasteiger partial charge in [0.1, 0.15) is 0 Å². The van der Waals surface area contributed by atoms with E-state index in [4.69, 9.17) is 0 Å². The zero-order chi connectivity index (χ0) is 12.4. The van der Waals surface area contributed by atoms with Gasteiger partial charge in [0.05, 0.1) is 0 Å². The summed E-state index contributed by atoms with van der Waals surface area (Å²) < 4.78 is 0. The maximum absolute atomic E-state index is 2.23. The Balaban J connectivity index is 1.87. The van der Waals surface area contributed by atoms with Crippen molar-refractivity contribution in [2.75, 3.05) is 0 Å². The molecule has 0 spiro atoms. The Bertz CT molecular complexity index is 598. The van der Waals surface area contributed by atoms with E-state index in [2.05, 4.69) is 73.7 Å². The molecule has 0 aromatic heterocycles. The van der Waals surface area contributed by atoms with Crippen LogP contribution in [0.25, 0.3) is 16.7 Å². The van der Waals surface area contributed by atoms with Gasteiger partial charge in [-0.05, 0) is 35.6 Å². The van der Waals surface area contributed by atoms with Crippen LogP contribution in [0.5, 0.6) is 0 Å². The Morgan fingerprint density at radius 3 is 1.89 bits per heavy atom. The van der Waals surface area contributed by atoms with Crippen molar-refractivity contribution in [1.29, 1.82) is 0 Å². The van der Waals surface area contributed by atoms with Gasteiger partial charge >= 0.3 is 0 Å². The fraction of sp³-hybridized carbons (Fsp3) is 0.111. The largest absolute Gasteiger partial charge is 0.0689 e. The maximum atomic E-state index is 2.23. The first-order valence-corrected chi connectivity index (χ1v) is 6.35. The molecule has 2 aromatic carbocycles.